The second-order valence-electron chi connectivity index (χ2n) is 9.88. The molecular formula is C28H31N3O3S. The van der Waals surface area contributed by atoms with Crippen molar-refractivity contribution in [1.82, 2.24) is 4.90 Å². The van der Waals surface area contributed by atoms with E-state index in [1.165, 1.54) is 5.57 Å². The van der Waals surface area contributed by atoms with Gasteiger partial charge in [-0.1, -0.05) is 12.1 Å². The molecule has 35 heavy (non-hydrogen) atoms. The predicted molar refractivity (Wildman–Crippen MR) is 145 cm³/mol. The fraction of sp³-hybridized carbons (Fsp3) is 0.321. The molecule has 2 aliphatic heterocycles. The Bertz CT molecular complexity index is 1320. The highest BCUT2D eigenvalue weighted by Gasteiger charge is 2.36. The number of nitrogens with one attached hydrogen (secondary N) is 1. The molecule has 2 aromatic rings. The van der Waals surface area contributed by atoms with Crippen molar-refractivity contribution in [3.05, 3.63) is 69.1 Å². The van der Waals surface area contributed by atoms with Crippen molar-refractivity contribution in [3.63, 3.8) is 0 Å². The maximum absolute atomic E-state index is 13.0. The van der Waals surface area contributed by atoms with Crippen LogP contribution in [-0.4, -0.2) is 41.1 Å². The van der Waals surface area contributed by atoms with E-state index in [1.807, 2.05) is 39.0 Å². The van der Waals surface area contributed by atoms with Crippen LogP contribution in [-0.2, 0) is 9.59 Å². The third kappa shape index (κ3) is 4.78. The average Bonchev–Trinajstić information content (AvgIpc) is 3.03. The van der Waals surface area contributed by atoms with Gasteiger partial charge in [-0.15, -0.1) is 0 Å². The number of carbonyl (C=O) groups excluding carboxylic acids is 3. The first-order chi connectivity index (χ1) is 16.4. The van der Waals surface area contributed by atoms with Gasteiger partial charge in [0.15, 0.2) is 0 Å². The summed E-state index contributed by atoms with van der Waals surface area (Å²) < 4.78 is 0. The second-order valence-corrected chi connectivity index (χ2v) is 10.9. The van der Waals surface area contributed by atoms with Crippen LogP contribution in [0.2, 0.25) is 0 Å². The maximum atomic E-state index is 13.0. The Labute approximate surface area is 211 Å². The van der Waals surface area contributed by atoms with Crippen LogP contribution in [0.4, 0.5) is 16.2 Å². The minimum Gasteiger partial charge on any atom is -0.365 e. The Hall–Kier alpha value is -3.32. The van der Waals surface area contributed by atoms with E-state index in [0.29, 0.717) is 10.6 Å². The fourth-order valence-corrected chi connectivity index (χ4v) is 5.24. The normalized spacial score (nSPS) is 18.1. The number of aryl methyl sites for hydroxylation is 3. The molecule has 0 saturated carbocycles. The molecule has 0 bridgehead atoms. The lowest BCUT2D eigenvalue weighted by atomic mass is 9.87. The molecule has 0 aromatic heterocycles. The summed E-state index contributed by atoms with van der Waals surface area (Å²) >= 11 is 0.870. The molecule has 2 aliphatic rings. The molecule has 0 radical (unpaired) electrons. The quantitative estimate of drug-likeness (QED) is 0.540. The SMILES string of the molecule is CC1=CC(C)(C)N(C)c2cc(C)c(/C=C3/SC(=O)N(CC(=O)Nc4ccc(C)c(C)c4)C3=O)cc21. The van der Waals surface area contributed by atoms with Crippen molar-refractivity contribution in [3.8, 4) is 0 Å². The van der Waals surface area contributed by atoms with Crippen LogP contribution in [0.15, 0.2) is 41.3 Å². The number of benzene rings is 2. The first-order valence-electron chi connectivity index (χ1n) is 11.6. The highest BCUT2D eigenvalue weighted by molar-refractivity contribution is 8.18. The van der Waals surface area contributed by atoms with Gasteiger partial charge in [0.2, 0.25) is 5.91 Å². The van der Waals surface area contributed by atoms with Crippen molar-refractivity contribution < 1.29 is 14.4 Å². The second kappa shape index (κ2) is 9.04. The minimum atomic E-state index is -0.446. The molecule has 4 rings (SSSR count). The Morgan fingerprint density at radius 2 is 1.74 bits per heavy atom. The number of hydrogen-bond donors (Lipinski definition) is 1. The van der Waals surface area contributed by atoms with E-state index in [-0.39, 0.29) is 12.1 Å². The van der Waals surface area contributed by atoms with Gasteiger partial charge in [0.1, 0.15) is 6.54 Å². The van der Waals surface area contributed by atoms with Gasteiger partial charge in [-0.2, -0.15) is 0 Å². The fourth-order valence-electron chi connectivity index (χ4n) is 4.41. The zero-order chi connectivity index (χ0) is 25.7. The van der Waals surface area contributed by atoms with Crippen molar-refractivity contribution in [2.24, 2.45) is 0 Å². The van der Waals surface area contributed by atoms with E-state index in [1.54, 1.807) is 6.08 Å². The van der Waals surface area contributed by atoms with Crippen LogP contribution in [0, 0.1) is 20.8 Å². The largest absolute Gasteiger partial charge is 0.365 e. The standard InChI is InChI=1S/C28H31N3O3S/c1-16-8-9-21(10-17(16)2)29-25(32)15-31-26(33)24(35-27(31)34)13-20-12-22-19(4)14-28(5,6)30(7)23(22)11-18(20)3/h8-14H,15H2,1-7H3,(H,29,32)/b24-13+. The van der Waals surface area contributed by atoms with Gasteiger partial charge in [0.25, 0.3) is 11.1 Å². The van der Waals surface area contributed by atoms with Crippen LogP contribution in [0.25, 0.3) is 11.6 Å². The average molecular weight is 490 g/mol. The topological polar surface area (TPSA) is 69.7 Å². The molecule has 1 fully saturated rings. The van der Waals surface area contributed by atoms with E-state index in [0.717, 1.165) is 50.2 Å². The number of carbonyl (C=O) groups is 3. The number of rotatable bonds is 4. The number of allylic oxidation sites excluding steroid dienone is 1. The van der Waals surface area contributed by atoms with Gasteiger partial charge in [0.05, 0.1) is 10.4 Å². The van der Waals surface area contributed by atoms with Gasteiger partial charge in [-0.25, -0.2) is 0 Å². The van der Waals surface area contributed by atoms with Crippen molar-refractivity contribution >= 4 is 51.8 Å². The van der Waals surface area contributed by atoms with Gasteiger partial charge in [0, 0.05) is 24.0 Å². The number of amides is 3. The van der Waals surface area contributed by atoms with Crippen molar-refractivity contribution in [2.75, 3.05) is 23.8 Å². The van der Waals surface area contributed by atoms with Crippen LogP contribution in [0.3, 0.4) is 0 Å². The van der Waals surface area contributed by atoms with E-state index < -0.39 is 17.1 Å². The summed E-state index contributed by atoms with van der Waals surface area (Å²) in [5.41, 5.74) is 8.04. The highest BCUT2D eigenvalue weighted by atomic mass is 32.2. The van der Waals surface area contributed by atoms with Gasteiger partial charge in [-0.3, -0.25) is 19.3 Å². The summed E-state index contributed by atoms with van der Waals surface area (Å²) in [6.07, 6.45) is 3.99. The number of nitrogens with zero attached hydrogens (tertiary/aromatic N) is 2. The van der Waals surface area contributed by atoms with Gasteiger partial charge >= 0.3 is 0 Å². The molecule has 0 aliphatic carbocycles. The Balaban J connectivity index is 1.55. The summed E-state index contributed by atoms with van der Waals surface area (Å²) in [7, 11) is 2.08. The number of imide groups is 1. The lowest BCUT2D eigenvalue weighted by Gasteiger charge is -2.41. The third-order valence-corrected chi connectivity index (χ3v) is 7.76. The van der Waals surface area contributed by atoms with E-state index in [4.69, 9.17) is 0 Å². The van der Waals surface area contributed by atoms with E-state index in [9.17, 15) is 14.4 Å². The first kappa shape index (κ1) is 24.8. The Morgan fingerprint density at radius 1 is 1.03 bits per heavy atom. The van der Waals surface area contributed by atoms with Crippen LogP contribution in [0.1, 0.15) is 48.6 Å². The molecule has 182 valence electrons. The molecule has 2 aromatic carbocycles. The van der Waals surface area contributed by atoms with Crippen LogP contribution >= 0.6 is 11.8 Å². The van der Waals surface area contributed by atoms with Gasteiger partial charge in [-0.05, 0) is 111 Å². The summed E-state index contributed by atoms with van der Waals surface area (Å²) in [4.78, 5) is 41.7. The zero-order valence-corrected chi connectivity index (χ0v) is 22.1. The summed E-state index contributed by atoms with van der Waals surface area (Å²) in [5.74, 6) is -0.856. The molecule has 2 heterocycles. The smallest absolute Gasteiger partial charge is 0.294 e. The lowest BCUT2D eigenvalue weighted by molar-refractivity contribution is -0.127. The molecule has 0 atom stereocenters. The molecule has 0 spiro atoms. The summed E-state index contributed by atoms with van der Waals surface area (Å²) in [6.45, 7) is 12.1. The monoisotopic (exact) mass is 489 g/mol. The number of thioether (sulfide) groups is 1. The number of anilines is 2. The zero-order valence-electron chi connectivity index (χ0n) is 21.3. The number of likely N-dealkylation sites (N-methyl/N-ethyl adjacent to an activating group) is 1. The Kier molecular flexibility index (Phi) is 6.40. The molecule has 0 unspecified atom stereocenters. The third-order valence-electron chi connectivity index (χ3n) is 6.86. The van der Waals surface area contributed by atoms with Crippen LogP contribution in [0.5, 0.6) is 0 Å². The predicted octanol–water partition coefficient (Wildman–Crippen LogP) is 5.92. The first-order valence-corrected chi connectivity index (χ1v) is 12.4. The van der Waals surface area contributed by atoms with Crippen LogP contribution < -0.4 is 10.2 Å². The van der Waals surface area contributed by atoms with E-state index in [2.05, 4.69) is 56.2 Å². The minimum absolute atomic E-state index is 0.0917. The van der Waals surface area contributed by atoms with E-state index >= 15 is 0 Å². The Morgan fingerprint density at radius 3 is 2.43 bits per heavy atom. The van der Waals surface area contributed by atoms with Crippen molar-refractivity contribution in [1.29, 1.82) is 0 Å². The van der Waals surface area contributed by atoms with Crippen molar-refractivity contribution in [2.45, 2.75) is 47.1 Å². The molecular weight excluding hydrogens is 458 g/mol. The molecule has 6 nitrogen and oxygen atoms in total. The number of fused-ring (bicyclic) bond motifs is 1. The summed E-state index contributed by atoms with van der Waals surface area (Å²) in [6, 6.07) is 9.80. The molecule has 3 amide bonds. The molecule has 1 saturated heterocycles. The number of hydrogen-bond acceptors (Lipinski definition) is 5. The lowest BCUT2D eigenvalue weighted by Crippen LogP contribution is -2.42. The molecule has 1 N–H and O–H groups in total. The summed E-state index contributed by atoms with van der Waals surface area (Å²) in [5, 5.41) is 2.34. The molecule has 7 heteroatoms. The van der Waals surface area contributed by atoms with Gasteiger partial charge < -0.3 is 10.2 Å². The maximum Gasteiger partial charge on any atom is 0.294 e. The highest BCUT2D eigenvalue weighted by Crippen LogP contribution is 2.40.